The van der Waals surface area contributed by atoms with Gasteiger partial charge < -0.3 is 4.42 Å². The maximum atomic E-state index is 6.81. The zero-order valence-corrected chi connectivity index (χ0v) is 32.2. The molecule has 264 valence electrons. The third-order valence-electron chi connectivity index (χ3n) is 12.0. The average molecular weight is 759 g/mol. The van der Waals surface area contributed by atoms with Crippen molar-refractivity contribution in [2.75, 3.05) is 0 Å². The summed E-state index contributed by atoms with van der Waals surface area (Å²) < 4.78 is 12.2. The Morgan fingerprint density at radius 1 is 0.333 bits per heavy atom. The largest absolute Gasteiger partial charge is 0.455 e. The van der Waals surface area contributed by atoms with Crippen LogP contribution in [-0.2, 0) is 0 Å². The molecule has 13 aromatic rings. The SMILES string of the molecule is c1ccc(-c2c3ccccc3c(-c3ccc4oc5c(-c6ccc7ccc8c(sc9ccc%10sc%11ccccc%11c%10c98)c7c6)cccc5c4c3)c3ccccc23)cc1. The van der Waals surface area contributed by atoms with Gasteiger partial charge in [0.05, 0.1) is 0 Å². The number of benzene rings is 10. The van der Waals surface area contributed by atoms with Crippen molar-refractivity contribution in [2.45, 2.75) is 0 Å². The first-order chi connectivity index (χ1) is 28.3. The molecule has 0 atom stereocenters. The molecule has 0 aliphatic heterocycles. The standard InChI is InChI=1S/C54H30OS2/c1-2-11-32(12-3-1)49-36-13-4-6-15-38(36)50(39-16-7-5-14-37(39)49)34-24-26-45-44(30-34)40-19-10-18-35(53(40)55-45)33-22-21-31-23-25-42-52-48(57-54(42)43(31)29-33)28-27-47-51(52)41-17-8-9-20-46(41)56-47/h1-30H. The van der Waals surface area contributed by atoms with Crippen LogP contribution in [0.1, 0.15) is 0 Å². The van der Waals surface area contributed by atoms with Gasteiger partial charge in [0.25, 0.3) is 0 Å². The fourth-order valence-electron chi connectivity index (χ4n) is 9.56. The minimum absolute atomic E-state index is 0.899. The summed E-state index contributed by atoms with van der Waals surface area (Å²) in [5.74, 6) is 0. The number of para-hydroxylation sites is 1. The molecular formula is C54H30OS2. The molecule has 13 rings (SSSR count). The van der Waals surface area contributed by atoms with E-state index in [9.17, 15) is 0 Å². The molecule has 0 bridgehead atoms. The third kappa shape index (κ3) is 4.50. The van der Waals surface area contributed by atoms with E-state index < -0.39 is 0 Å². The summed E-state index contributed by atoms with van der Waals surface area (Å²) in [5.41, 5.74) is 9.05. The smallest absolute Gasteiger partial charge is 0.143 e. The highest BCUT2D eigenvalue weighted by atomic mass is 32.1. The predicted molar refractivity (Wildman–Crippen MR) is 248 cm³/mol. The van der Waals surface area contributed by atoms with Crippen molar-refractivity contribution in [1.29, 1.82) is 0 Å². The Balaban J connectivity index is 1.01. The Hall–Kier alpha value is -6.78. The second kappa shape index (κ2) is 11.9. The Morgan fingerprint density at radius 3 is 1.70 bits per heavy atom. The Kier molecular flexibility index (Phi) is 6.54. The van der Waals surface area contributed by atoms with E-state index in [4.69, 9.17) is 4.42 Å². The van der Waals surface area contributed by atoms with E-state index in [1.54, 1.807) is 0 Å². The molecule has 0 amide bonds. The molecular weight excluding hydrogens is 729 g/mol. The summed E-state index contributed by atoms with van der Waals surface area (Å²) in [6.45, 7) is 0. The van der Waals surface area contributed by atoms with E-state index in [1.807, 2.05) is 22.7 Å². The van der Waals surface area contributed by atoms with E-state index in [2.05, 4.69) is 182 Å². The molecule has 0 radical (unpaired) electrons. The van der Waals surface area contributed by atoms with Crippen LogP contribution in [0.25, 0.3) is 128 Å². The molecule has 1 nitrogen and oxygen atoms in total. The lowest BCUT2D eigenvalue weighted by atomic mass is 9.86. The van der Waals surface area contributed by atoms with Gasteiger partial charge in [0, 0.05) is 62.1 Å². The molecule has 0 spiro atoms. The monoisotopic (exact) mass is 758 g/mol. The topological polar surface area (TPSA) is 13.1 Å². The summed E-state index contributed by atoms with van der Waals surface area (Å²) in [4.78, 5) is 0. The number of furan rings is 1. The third-order valence-corrected chi connectivity index (χ3v) is 14.4. The highest BCUT2D eigenvalue weighted by molar-refractivity contribution is 7.28. The summed E-state index contributed by atoms with van der Waals surface area (Å²) in [6, 6.07) is 66.9. The van der Waals surface area contributed by atoms with Gasteiger partial charge in [-0.25, -0.2) is 0 Å². The minimum atomic E-state index is 0.899. The van der Waals surface area contributed by atoms with E-state index in [1.165, 1.54) is 94.9 Å². The number of hydrogen-bond donors (Lipinski definition) is 0. The molecule has 57 heavy (non-hydrogen) atoms. The van der Waals surface area contributed by atoms with Crippen molar-refractivity contribution in [3.8, 4) is 33.4 Å². The molecule has 3 heteroatoms. The lowest BCUT2D eigenvalue weighted by Crippen LogP contribution is -1.90. The van der Waals surface area contributed by atoms with Crippen LogP contribution in [0.5, 0.6) is 0 Å². The van der Waals surface area contributed by atoms with Crippen LogP contribution in [-0.4, -0.2) is 0 Å². The van der Waals surface area contributed by atoms with Crippen molar-refractivity contribution in [3.63, 3.8) is 0 Å². The summed E-state index contributed by atoms with van der Waals surface area (Å²) in [6.07, 6.45) is 0. The molecule has 0 saturated heterocycles. The van der Waals surface area contributed by atoms with Gasteiger partial charge in [0.1, 0.15) is 11.2 Å². The lowest BCUT2D eigenvalue weighted by molar-refractivity contribution is 0.670. The van der Waals surface area contributed by atoms with Crippen molar-refractivity contribution in [3.05, 3.63) is 182 Å². The first kappa shape index (κ1) is 31.4. The van der Waals surface area contributed by atoms with Crippen molar-refractivity contribution < 1.29 is 4.42 Å². The molecule has 3 heterocycles. The van der Waals surface area contributed by atoms with Crippen LogP contribution in [0.3, 0.4) is 0 Å². The Labute approximate surface area is 335 Å². The fraction of sp³-hybridized carbons (Fsp3) is 0. The molecule has 0 aliphatic carbocycles. The highest BCUT2D eigenvalue weighted by Gasteiger charge is 2.20. The summed E-state index contributed by atoms with van der Waals surface area (Å²) in [5, 5.41) is 15.3. The Morgan fingerprint density at radius 2 is 0.930 bits per heavy atom. The first-order valence-corrected chi connectivity index (χ1v) is 21.0. The zero-order chi connectivity index (χ0) is 37.2. The molecule has 0 unspecified atom stereocenters. The maximum absolute atomic E-state index is 6.81. The maximum Gasteiger partial charge on any atom is 0.143 e. The van der Waals surface area contributed by atoms with Crippen LogP contribution in [0, 0.1) is 0 Å². The van der Waals surface area contributed by atoms with Crippen LogP contribution in [0.4, 0.5) is 0 Å². The number of thiophene rings is 2. The normalized spacial score (nSPS) is 12.2. The van der Waals surface area contributed by atoms with Crippen LogP contribution in [0.15, 0.2) is 186 Å². The van der Waals surface area contributed by atoms with Gasteiger partial charge >= 0.3 is 0 Å². The second-order valence-corrected chi connectivity index (χ2v) is 17.2. The van der Waals surface area contributed by atoms with E-state index >= 15 is 0 Å². The van der Waals surface area contributed by atoms with Gasteiger partial charge in [-0.1, -0.05) is 146 Å². The van der Waals surface area contributed by atoms with Gasteiger partial charge in [0.2, 0.25) is 0 Å². The summed E-state index contributed by atoms with van der Waals surface area (Å²) in [7, 11) is 0. The number of hydrogen-bond acceptors (Lipinski definition) is 3. The lowest BCUT2D eigenvalue weighted by Gasteiger charge is -2.17. The fourth-order valence-corrected chi connectivity index (χ4v) is 11.9. The van der Waals surface area contributed by atoms with Crippen LogP contribution in [0.2, 0.25) is 0 Å². The number of rotatable bonds is 3. The van der Waals surface area contributed by atoms with E-state index in [0.717, 1.165) is 33.1 Å². The van der Waals surface area contributed by atoms with Crippen LogP contribution < -0.4 is 0 Å². The quantitative estimate of drug-likeness (QED) is 0.164. The molecule has 0 fully saturated rings. The summed E-state index contributed by atoms with van der Waals surface area (Å²) >= 11 is 3.80. The average Bonchev–Trinajstić information content (AvgIpc) is 3.96. The van der Waals surface area contributed by atoms with E-state index in [-0.39, 0.29) is 0 Å². The molecule has 3 aromatic heterocycles. The second-order valence-electron chi connectivity index (χ2n) is 15.1. The number of fused-ring (bicyclic) bond motifs is 14. The van der Waals surface area contributed by atoms with E-state index in [0.29, 0.717) is 0 Å². The van der Waals surface area contributed by atoms with Gasteiger partial charge in [-0.2, -0.15) is 0 Å². The molecule has 0 saturated carbocycles. The molecule has 0 N–H and O–H groups in total. The van der Waals surface area contributed by atoms with Gasteiger partial charge in [-0.05, 0) is 91.1 Å². The molecule has 10 aromatic carbocycles. The predicted octanol–water partition coefficient (Wildman–Crippen LogP) is 16.8. The van der Waals surface area contributed by atoms with Crippen molar-refractivity contribution in [2.24, 2.45) is 0 Å². The van der Waals surface area contributed by atoms with Gasteiger partial charge in [-0.15, -0.1) is 22.7 Å². The van der Waals surface area contributed by atoms with Gasteiger partial charge in [-0.3, -0.25) is 0 Å². The highest BCUT2D eigenvalue weighted by Crippen LogP contribution is 2.48. The molecule has 0 aliphatic rings. The zero-order valence-electron chi connectivity index (χ0n) is 30.5. The van der Waals surface area contributed by atoms with Gasteiger partial charge in [0.15, 0.2) is 0 Å². The minimum Gasteiger partial charge on any atom is -0.455 e. The van der Waals surface area contributed by atoms with Crippen molar-refractivity contribution >= 4 is 117 Å². The van der Waals surface area contributed by atoms with Crippen molar-refractivity contribution in [1.82, 2.24) is 0 Å². The Bertz CT molecular complexity index is 3750. The van der Waals surface area contributed by atoms with Crippen LogP contribution >= 0.6 is 22.7 Å². The first-order valence-electron chi connectivity index (χ1n) is 19.4.